The molecule has 0 aliphatic heterocycles. The van der Waals surface area contributed by atoms with Crippen molar-refractivity contribution < 1.29 is 4.74 Å². The molecule has 0 spiro atoms. The first-order chi connectivity index (χ1) is 12.1. The molecule has 3 aromatic rings. The summed E-state index contributed by atoms with van der Waals surface area (Å²) >= 11 is 5.87. The van der Waals surface area contributed by atoms with Crippen LogP contribution in [0.1, 0.15) is 22.3 Å². The zero-order valence-electron chi connectivity index (χ0n) is 13.7. The summed E-state index contributed by atoms with van der Waals surface area (Å²) in [7, 11) is 0. The number of nitrogens with zero attached hydrogens (tertiary/aromatic N) is 3. The van der Waals surface area contributed by atoms with E-state index in [4.69, 9.17) is 22.1 Å². The van der Waals surface area contributed by atoms with E-state index in [9.17, 15) is 5.26 Å². The van der Waals surface area contributed by atoms with Gasteiger partial charge in [-0.2, -0.15) is 5.26 Å². The van der Waals surface area contributed by atoms with Crippen molar-refractivity contribution in [2.45, 2.75) is 20.1 Å². The molecule has 0 bridgehead atoms. The lowest BCUT2D eigenvalue weighted by atomic mass is 10.1. The highest BCUT2D eigenvalue weighted by Gasteiger charge is 2.17. The Morgan fingerprint density at radius 1 is 1.20 bits per heavy atom. The van der Waals surface area contributed by atoms with E-state index in [1.165, 1.54) is 0 Å². The van der Waals surface area contributed by atoms with Crippen molar-refractivity contribution in [3.05, 3.63) is 75.8 Å². The molecule has 25 heavy (non-hydrogen) atoms. The summed E-state index contributed by atoms with van der Waals surface area (Å²) < 4.78 is 7.30. The van der Waals surface area contributed by atoms with Crippen LogP contribution in [0.25, 0.3) is 0 Å². The summed E-state index contributed by atoms with van der Waals surface area (Å²) in [4.78, 5) is 0. The quantitative estimate of drug-likeness (QED) is 0.754. The third kappa shape index (κ3) is 3.76. The van der Waals surface area contributed by atoms with Crippen LogP contribution in [0, 0.1) is 18.3 Å². The predicted octanol–water partition coefficient (Wildman–Crippen LogP) is 3.93. The van der Waals surface area contributed by atoms with E-state index in [1.54, 1.807) is 16.8 Å². The van der Waals surface area contributed by atoms with Gasteiger partial charge >= 0.3 is 0 Å². The monoisotopic (exact) mass is 352 g/mol. The van der Waals surface area contributed by atoms with Crippen molar-refractivity contribution in [3.8, 4) is 11.9 Å². The second kappa shape index (κ2) is 7.29. The second-order valence-electron chi connectivity index (χ2n) is 5.68. The van der Waals surface area contributed by atoms with Crippen molar-refractivity contribution in [1.29, 1.82) is 5.26 Å². The third-order valence-electron chi connectivity index (χ3n) is 3.94. The van der Waals surface area contributed by atoms with Crippen LogP contribution >= 0.6 is 11.6 Å². The van der Waals surface area contributed by atoms with Gasteiger partial charge in [0.15, 0.2) is 5.56 Å². The van der Waals surface area contributed by atoms with Gasteiger partial charge in [0, 0.05) is 5.02 Å². The number of halogens is 1. The summed E-state index contributed by atoms with van der Waals surface area (Å²) in [6, 6.07) is 17.4. The number of anilines is 1. The molecule has 0 radical (unpaired) electrons. The van der Waals surface area contributed by atoms with Crippen LogP contribution < -0.4 is 10.5 Å². The molecule has 6 heteroatoms. The average Bonchev–Trinajstić information content (AvgIpc) is 2.91. The molecular weight excluding hydrogens is 336 g/mol. The van der Waals surface area contributed by atoms with Gasteiger partial charge in [0.25, 0.3) is 5.88 Å². The standard InChI is InChI=1S/C19H17ClN4O/c1-13-4-2-3-5-15(13)11-24-18(22)17(10-21)19(23-24)25-12-14-6-8-16(20)9-7-14/h2-9H,11-12,22H2,1H3. The average molecular weight is 353 g/mol. The molecule has 0 atom stereocenters. The first-order valence-corrected chi connectivity index (χ1v) is 8.14. The molecule has 2 aromatic carbocycles. The first kappa shape index (κ1) is 16.9. The minimum atomic E-state index is 0.239. The number of nitrogen functional groups attached to an aromatic ring is 1. The van der Waals surface area contributed by atoms with Crippen LogP contribution in [-0.2, 0) is 13.2 Å². The van der Waals surface area contributed by atoms with Crippen LogP contribution in [0.2, 0.25) is 5.02 Å². The van der Waals surface area contributed by atoms with Crippen LogP contribution in [0.5, 0.6) is 5.88 Å². The van der Waals surface area contributed by atoms with E-state index in [-0.39, 0.29) is 18.1 Å². The maximum atomic E-state index is 9.39. The van der Waals surface area contributed by atoms with Crippen molar-refractivity contribution >= 4 is 17.4 Å². The molecule has 0 unspecified atom stereocenters. The van der Waals surface area contributed by atoms with Gasteiger partial charge in [0.2, 0.25) is 0 Å². The number of nitriles is 1. The maximum absolute atomic E-state index is 9.39. The largest absolute Gasteiger partial charge is 0.471 e. The summed E-state index contributed by atoms with van der Waals surface area (Å²) in [5.41, 5.74) is 9.49. The highest BCUT2D eigenvalue weighted by Crippen LogP contribution is 2.25. The molecule has 1 heterocycles. The van der Waals surface area contributed by atoms with Crippen LogP contribution in [-0.4, -0.2) is 9.78 Å². The van der Waals surface area contributed by atoms with Gasteiger partial charge in [-0.3, -0.25) is 0 Å². The van der Waals surface area contributed by atoms with E-state index >= 15 is 0 Å². The lowest BCUT2D eigenvalue weighted by molar-refractivity contribution is 0.289. The van der Waals surface area contributed by atoms with Gasteiger partial charge in [-0.15, -0.1) is 5.10 Å². The highest BCUT2D eigenvalue weighted by molar-refractivity contribution is 6.30. The normalized spacial score (nSPS) is 10.4. The molecule has 2 N–H and O–H groups in total. The smallest absolute Gasteiger partial charge is 0.253 e. The number of hydrogen-bond donors (Lipinski definition) is 1. The van der Waals surface area contributed by atoms with Gasteiger partial charge in [-0.05, 0) is 35.7 Å². The fourth-order valence-corrected chi connectivity index (χ4v) is 2.59. The molecular formula is C19H17ClN4O. The number of ether oxygens (including phenoxy) is 1. The summed E-state index contributed by atoms with van der Waals surface area (Å²) in [6.45, 7) is 2.79. The number of aromatic nitrogens is 2. The number of nitrogens with two attached hydrogens (primary N) is 1. The Morgan fingerprint density at radius 3 is 2.60 bits per heavy atom. The van der Waals surface area contributed by atoms with E-state index in [1.807, 2.05) is 43.3 Å². The fourth-order valence-electron chi connectivity index (χ4n) is 2.46. The van der Waals surface area contributed by atoms with Gasteiger partial charge in [-0.1, -0.05) is 48.0 Å². The Labute approximate surface area is 151 Å². The van der Waals surface area contributed by atoms with Gasteiger partial charge in [-0.25, -0.2) is 4.68 Å². The molecule has 1 aromatic heterocycles. The Balaban J connectivity index is 1.82. The van der Waals surface area contributed by atoms with Crippen LogP contribution in [0.15, 0.2) is 48.5 Å². The molecule has 0 aliphatic rings. The van der Waals surface area contributed by atoms with E-state index in [0.29, 0.717) is 17.4 Å². The zero-order valence-corrected chi connectivity index (χ0v) is 14.5. The fraction of sp³-hybridized carbons (Fsp3) is 0.158. The Morgan fingerprint density at radius 2 is 1.92 bits per heavy atom. The first-order valence-electron chi connectivity index (χ1n) is 7.76. The van der Waals surface area contributed by atoms with Crippen molar-refractivity contribution in [1.82, 2.24) is 9.78 Å². The van der Waals surface area contributed by atoms with E-state index in [0.717, 1.165) is 16.7 Å². The van der Waals surface area contributed by atoms with Gasteiger partial charge < -0.3 is 10.5 Å². The van der Waals surface area contributed by atoms with E-state index < -0.39 is 0 Å². The van der Waals surface area contributed by atoms with Crippen molar-refractivity contribution in [2.24, 2.45) is 0 Å². The Kier molecular flexibility index (Phi) is 4.92. The molecule has 126 valence electrons. The van der Waals surface area contributed by atoms with E-state index in [2.05, 4.69) is 11.2 Å². The Hall–Kier alpha value is -2.97. The maximum Gasteiger partial charge on any atom is 0.253 e. The molecule has 0 fully saturated rings. The third-order valence-corrected chi connectivity index (χ3v) is 4.19. The van der Waals surface area contributed by atoms with Gasteiger partial charge in [0.05, 0.1) is 6.54 Å². The molecule has 0 aliphatic carbocycles. The lowest BCUT2D eigenvalue weighted by Gasteiger charge is -2.07. The van der Waals surface area contributed by atoms with Crippen LogP contribution in [0.4, 0.5) is 5.82 Å². The topological polar surface area (TPSA) is 76.9 Å². The minimum Gasteiger partial charge on any atom is -0.471 e. The minimum absolute atomic E-state index is 0.239. The van der Waals surface area contributed by atoms with Crippen LogP contribution in [0.3, 0.4) is 0 Å². The summed E-state index contributed by atoms with van der Waals surface area (Å²) in [5.74, 6) is 0.542. The van der Waals surface area contributed by atoms with Crippen molar-refractivity contribution in [3.63, 3.8) is 0 Å². The summed E-state index contributed by atoms with van der Waals surface area (Å²) in [6.07, 6.45) is 0. The predicted molar refractivity (Wildman–Crippen MR) is 97.4 cm³/mol. The molecule has 0 saturated heterocycles. The molecule has 0 amide bonds. The second-order valence-corrected chi connectivity index (χ2v) is 6.11. The zero-order chi connectivity index (χ0) is 17.8. The molecule has 3 rings (SSSR count). The van der Waals surface area contributed by atoms with Gasteiger partial charge in [0.1, 0.15) is 18.5 Å². The summed E-state index contributed by atoms with van der Waals surface area (Å²) in [5, 5.41) is 14.4. The number of benzene rings is 2. The molecule has 0 saturated carbocycles. The number of hydrogen-bond acceptors (Lipinski definition) is 4. The van der Waals surface area contributed by atoms with Crippen molar-refractivity contribution in [2.75, 3.05) is 5.73 Å². The number of rotatable bonds is 5. The molecule has 5 nitrogen and oxygen atoms in total. The highest BCUT2D eigenvalue weighted by atomic mass is 35.5. The SMILES string of the molecule is Cc1ccccc1Cn1nc(OCc2ccc(Cl)cc2)c(C#N)c1N. The number of aryl methyl sites for hydroxylation is 1. The lowest BCUT2D eigenvalue weighted by Crippen LogP contribution is -2.07. The Bertz CT molecular complexity index is 926.